The zero-order valence-electron chi connectivity index (χ0n) is 18.8. The van der Waals surface area contributed by atoms with Gasteiger partial charge in [0.2, 0.25) is 0 Å². The molecule has 7 nitrogen and oxygen atoms in total. The highest BCUT2D eigenvalue weighted by Crippen LogP contribution is 2.18. The third-order valence-corrected chi connectivity index (χ3v) is 5.60. The van der Waals surface area contributed by atoms with E-state index >= 15 is 0 Å². The number of halogens is 1. The zero-order valence-corrected chi connectivity index (χ0v) is 18.8. The quantitative estimate of drug-likeness (QED) is 0.453. The van der Waals surface area contributed by atoms with E-state index in [9.17, 15) is 18.8 Å². The van der Waals surface area contributed by atoms with Gasteiger partial charge in [0.1, 0.15) is 5.82 Å². The molecule has 0 fully saturated rings. The number of aromatic nitrogens is 4. The van der Waals surface area contributed by atoms with Crippen LogP contribution >= 0.6 is 0 Å². The van der Waals surface area contributed by atoms with E-state index < -0.39 is 22.5 Å². The van der Waals surface area contributed by atoms with Crippen LogP contribution in [0.25, 0.3) is 16.9 Å². The summed E-state index contributed by atoms with van der Waals surface area (Å²) in [5.41, 5.74) is -0.0281. The summed E-state index contributed by atoms with van der Waals surface area (Å²) in [5, 5.41) is 0. The van der Waals surface area contributed by atoms with Gasteiger partial charge in [-0.25, -0.2) is 18.7 Å². The molecule has 170 valence electrons. The van der Waals surface area contributed by atoms with Gasteiger partial charge < -0.3 is 4.57 Å². The van der Waals surface area contributed by atoms with Crippen molar-refractivity contribution in [3.63, 3.8) is 0 Å². The molecule has 2 heterocycles. The van der Waals surface area contributed by atoms with Gasteiger partial charge in [-0.15, -0.1) is 0 Å². The summed E-state index contributed by atoms with van der Waals surface area (Å²) in [6.45, 7) is 5.52. The van der Waals surface area contributed by atoms with Crippen LogP contribution in [-0.2, 0) is 24.3 Å². The number of nitrogens with zero attached hydrogens (tertiary/aromatic N) is 4. The minimum atomic E-state index is -0.603. The first-order chi connectivity index (χ1) is 15.7. The highest BCUT2D eigenvalue weighted by Gasteiger charge is 2.25. The summed E-state index contributed by atoms with van der Waals surface area (Å²) in [6, 6.07) is 14.9. The van der Waals surface area contributed by atoms with Crippen molar-refractivity contribution in [2.75, 3.05) is 0 Å². The number of fused-ring (bicyclic) bond motifs is 1. The fourth-order valence-electron chi connectivity index (χ4n) is 3.60. The molecule has 8 heteroatoms. The smallest absolute Gasteiger partial charge is 0.317 e. The van der Waals surface area contributed by atoms with E-state index in [1.807, 2.05) is 30.3 Å². The average molecular weight is 448 g/mol. The van der Waals surface area contributed by atoms with Crippen molar-refractivity contribution in [3.8, 4) is 5.69 Å². The van der Waals surface area contributed by atoms with Gasteiger partial charge in [0.25, 0.3) is 5.56 Å². The maximum Gasteiger partial charge on any atom is 0.337 e. The van der Waals surface area contributed by atoms with Crippen LogP contribution in [0.5, 0.6) is 0 Å². The molecule has 4 rings (SSSR count). The summed E-state index contributed by atoms with van der Waals surface area (Å²) in [6.07, 6.45) is 1.87. The predicted octanol–water partition coefficient (Wildman–Crippen LogP) is 3.35. The maximum absolute atomic E-state index is 13.5. The minimum absolute atomic E-state index is 0.0461. The van der Waals surface area contributed by atoms with E-state index in [-0.39, 0.29) is 30.0 Å². The summed E-state index contributed by atoms with van der Waals surface area (Å²) >= 11 is 0. The minimum Gasteiger partial charge on any atom is -0.317 e. The van der Waals surface area contributed by atoms with E-state index in [2.05, 4.69) is 4.98 Å². The molecule has 0 radical (unpaired) electrons. The lowest BCUT2D eigenvalue weighted by molar-refractivity contribution is -0.126. The summed E-state index contributed by atoms with van der Waals surface area (Å²) in [5.74, 6) is -0.515. The van der Waals surface area contributed by atoms with Crippen molar-refractivity contribution in [1.29, 1.82) is 0 Å². The first-order valence-electron chi connectivity index (χ1n) is 10.7. The molecule has 0 bridgehead atoms. The Bertz CT molecular complexity index is 1430. The first kappa shape index (κ1) is 22.4. The van der Waals surface area contributed by atoms with Gasteiger partial charge in [-0.1, -0.05) is 51.1 Å². The first-order valence-corrected chi connectivity index (χ1v) is 10.7. The predicted molar refractivity (Wildman–Crippen MR) is 124 cm³/mol. The van der Waals surface area contributed by atoms with Crippen molar-refractivity contribution in [3.05, 3.63) is 93.1 Å². The third-order valence-electron chi connectivity index (χ3n) is 5.60. The zero-order chi connectivity index (χ0) is 23.8. The fraction of sp³-hybridized carbons (Fsp3) is 0.280. The van der Waals surface area contributed by atoms with Crippen molar-refractivity contribution < 1.29 is 9.18 Å². The second-order valence-electron chi connectivity index (χ2n) is 9.00. The second kappa shape index (κ2) is 8.61. The second-order valence-corrected chi connectivity index (χ2v) is 9.00. The van der Waals surface area contributed by atoms with Crippen LogP contribution in [0, 0.1) is 11.2 Å². The molecule has 0 atom stereocenters. The Morgan fingerprint density at radius 2 is 1.67 bits per heavy atom. The van der Waals surface area contributed by atoms with Gasteiger partial charge in [0.05, 0.1) is 18.6 Å². The fourth-order valence-corrected chi connectivity index (χ4v) is 3.60. The Balaban J connectivity index is 1.91. The Labute approximate surface area is 189 Å². The highest BCUT2D eigenvalue weighted by molar-refractivity contribution is 5.85. The number of hydrogen-bond acceptors (Lipinski definition) is 4. The molecule has 0 N–H and O–H groups in total. The lowest BCUT2D eigenvalue weighted by Crippen LogP contribution is -2.40. The van der Waals surface area contributed by atoms with Gasteiger partial charge >= 0.3 is 5.69 Å². The molecular formula is C25H25FN4O3. The summed E-state index contributed by atoms with van der Waals surface area (Å²) in [7, 11) is 0. The maximum atomic E-state index is 13.5. The van der Waals surface area contributed by atoms with Gasteiger partial charge in [0.15, 0.2) is 16.9 Å². The molecule has 0 saturated carbocycles. The monoisotopic (exact) mass is 448 g/mol. The average Bonchev–Trinajstić information content (AvgIpc) is 3.18. The molecule has 2 aromatic heterocycles. The molecule has 0 aliphatic rings. The Kier molecular flexibility index (Phi) is 5.84. The molecule has 4 aromatic rings. The van der Waals surface area contributed by atoms with Crippen LogP contribution < -0.4 is 11.2 Å². The van der Waals surface area contributed by atoms with Crippen molar-refractivity contribution >= 4 is 16.9 Å². The van der Waals surface area contributed by atoms with Gasteiger partial charge in [0, 0.05) is 12.0 Å². The van der Waals surface area contributed by atoms with Crippen molar-refractivity contribution in [2.45, 2.75) is 40.3 Å². The number of carbonyl (C=O) groups is 1. The largest absolute Gasteiger partial charge is 0.337 e. The van der Waals surface area contributed by atoms with Gasteiger partial charge in [-0.2, -0.15) is 0 Å². The number of carbonyl (C=O) groups excluding carboxylic acids is 1. The van der Waals surface area contributed by atoms with E-state index in [0.717, 1.165) is 10.1 Å². The third kappa shape index (κ3) is 4.41. The van der Waals surface area contributed by atoms with Crippen LogP contribution in [-0.4, -0.2) is 24.5 Å². The lowest BCUT2D eigenvalue weighted by Gasteiger charge is -2.17. The molecule has 33 heavy (non-hydrogen) atoms. The van der Waals surface area contributed by atoms with Crippen molar-refractivity contribution in [1.82, 2.24) is 18.7 Å². The van der Waals surface area contributed by atoms with Crippen LogP contribution in [0.1, 0.15) is 26.3 Å². The van der Waals surface area contributed by atoms with E-state index in [4.69, 9.17) is 0 Å². The number of rotatable bonds is 6. The Morgan fingerprint density at radius 3 is 2.30 bits per heavy atom. The van der Waals surface area contributed by atoms with Crippen LogP contribution in [0.2, 0.25) is 0 Å². The van der Waals surface area contributed by atoms with Crippen molar-refractivity contribution in [2.24, 2.45) is 5.41 Å². The number of hydrogen-bond donors (Lipinski definition) is 0. The molecule has 0 aliphatic heterocycles. The Hall–Kier alpha value is -3.81. The number of imidazole rings is 1. The molecule has 0 saturated heterocycles. The standard InChI is InChI=1S/C25H25FN4O3/c1-25(2,3)20(31)15-28-16-27-22-21(28)23(32)29(14-13-17-7-5-4-6-8-17)24(33)30(22)19-11-9-18(26)10-12-19/h4-12,16H,13-15H2,1-3H3. The Morgan fingerprint density at radius 1 is 1.00 bits per heavy atom. The molecule has 0 amide bonds. The summed E-state index contributed by atoms with van der Waals surface area (Å²) in [4.78, 5) is 43.8. The lowest BCUT2D eigenvalue weighted by atomic mass is 9.91. The highest BCUT2D eigenvalue weighted by atomic mass is 19.1. The topological polar surface area (TPSA) is 78.9 Å². The number of ketones is 1. The van der Waals surface area contributed by atoms with E-state index in [1.54, 1.807) is 20.8 Å². The molecule has 0 unspecified atom stereocenters. The molecule has 2 aromatic carbocycles. The summed E-state index contributed by atoms with van der Waals surface area (Å²) < 4.78 is 17.5. The van der Waals surface area contributed by atoms with E-state index in [0.29, 0.717) is 12.1 Å². The molecule has 0 spiro atoms. The SMILES string of the molecule is CC(C)(C)C(=O)Cn1cnc2c1c(=O)n(CCc1ccccc1)c(=O)n2-c1ccc(F)cc1. The van der Waals surface area contributed by atoms with Gasteiger partial charge in [-0.05, 0) is 36.2 Å². The van der Waals surface area contributed by atoms with Crippen LogP contribution in [0.15, 0.2) is 70.5 Å². The number of Topliss-reactive ketones (excluding diaryl/α,β-unsaturated/α-hetero) is 1. The van der Waals surface area contributed by atoms with Crippen LogP contribution in [0.4, 0.5) is 4.39 Å². The van der Waals surface area contributed by atoms with E-state index in [1.165, 1.54) is 39.7 Å². The van der Waals surface area contributed by atoms with Crippen LogP contribution in [0.3, 0.4) is 0 Å². The number of aryl methyl sites for hydroxylation is 1. The number of benzene rings is 2. The molecule has 0 aliphatic carbocycles. The van der Waals surface area contributed by atoms with Gasteiger partial charge in [-0.3, -0.25) is 14.2 Å². The normalized spacial score (nSPS) is 11.8. The molecular weight excluding hydrogens is 423 g/mol.